The zero-order valence-electron chi connectivity index (χ0n) is 14.4. The normalized spacial score (nSPS) is 13.1. The van der Waals surface area contributed by atoms with Crippen molar-refractivity contribution >= 4 is 12.1 Å². The SMILES string of the molecule is C#CC[C@@H](NC(=O)OCC1c2ccccc2-c2ccccc21)C(=O)OC. The van der Waals surface area contributed by atoms with E-state index in [2.05, 4.69) is 28.1 Å². The summed E-state index contributed by atoms with van der Waals surface area (Å²) in [6.45, 7) is 0.170. The number of amides is 1. The van der Waals surface area contributed by atoms with Crippen LogP contribution >= 0.6 is 0 Å². The topological polar surface area (TPSA) is 64.6 Å². The van der Waals surface area contributed by atoms with Crippen LogP contribution in [0.25, 0.3) is 11.1 Å². The van der Waals surface area contributed by atoms with Gasteiger partial charge in [0, 0.05) is 12.3 Å². The lowest BCUT2D eigenvalue weighted by Crippen LogP contribution is -2.41. The molecule has 5 heteroatoms. The number of nitrogens with one attached hydrogen (secondary N) is 1. The van der Waals surface area contributed by atoms with Crippen molar-refractivity contribution in [2.45, 2.75) is 18.4 Å². The van der Waals surface area contributed by atoms with Crippen molar-refractivity contribution in [2.75, 3.05) is 13.7 Å². The summed E-state index contributed by atoms with van der Waals surface area (Å²) in [5, 5.41) is 2.46. The minimum Gasteiger partial charge on any atom is -0.467 e. The highest BCUT2D eigenvalue weighted by molar-refractivity contribution is 5.82. The summed E-state index contributed by atoms with van der Waals surface area (Å²) < 4.78 is 10.0. The number of benzene rings is 2. The van der Waals surface area contributed by atoms with Crippen molar-refractivity contribution < 1.29 is 19.1 Å². The molecule has 1 amide bonds. The van der Waals surface area contributed by atoms with Gasteiger partial charge < -0.3 is 14.8 Å². The first-order chi connectivity index (χ1) is 12.7. The van der Waals surface area contributed by atoms with E-state index in [9.17, 15) is 9.59 Å². The molecular weight excluding hydrogens is 330 g/mol. The zero-order valence-corrected chi connectivity index (χ0v) is 14.4. The molecule has 0 aromatic heterocycles. The van der Waals surface area contributed by atoms with Crippen LogP contribution in [0.2, 0.25) is 0 Å². The Balaban J connectivity index is 1.71. The van der Waals surface area contributed by atoms with Crippen LogP contribution in [0.15, 0.2) is 48.5 Å². The number of rotatable bonds is 5. The first kappa shape index (κ1) is 17.6. The summed E-state index contributed by atoms with van der Waals surface area (Å²) in [7, 11) is 1.24. The van der Waals surface area contributed by atoms with Crippen molar-refractivity contribution in [1.29, 1.82) is 0 Å². The third-order valence-electron chi connectivity index (χ3n) is 4.44. The highest BCUT2D eigenvalue weighted by Crippen LogP contribution is 2.44. The maximum Gasteiger partial charge on any atom is 0.407 e. The minimum absolute atomic E-state index is 0.0386. The number of terminal acetylenes is 1. The van der Waals surface area contributed by atoms with Crippen LogP contribution < -0.4 is 5.32 Å². The Morgan fingerprint density at radius 3 is 2.23 bits per heavy atom. The molecule has 0 saturated carbocycles. The van der Waals surface area contributed by atoms with E-state index in [4.69, 9.17) is 11.2 Å². The van der Waals surface area contributed by atoms with E-state index in [0.717, 1.165) is 22.3 Å². The van der Waals surface area contributed by atoms with E-state index >= 15 is 0 Å². The Hall–Kier alpha value is -3.26. The van der Waals surface area contributed by atoms with Gasteiger partial charge in [-0.05, 0) is 22.3 Å². The monoisotopic (exact) mass is 349 g/mol. The molecule has 2 aromatic rings. The van der Waals surface area contributed by atoms with Gasteiger partial charge in [-0.1, -0.05) is 48.5 Å². The van der Waals surface area contributed by atoms with Gasteiger partial charge in [0.2, 0.25) is 0 Å². The number of alkyl carbamates (subject to hydrolysis) is 1. The van der Waals surface area contributed by atoms with Gasteiger partial charge in [-0.25, -0.2) is 9.59 Å². The smallest absolute Gasteiger partial charge is 0.407 e. The van der Waals surface area contributed by atoms with E-state index in [0.29, 0.717) is 0 Å². The summed E-state index contributed by atoms with van der Waals surface area (Å²) >= 11 is 0. The second kappa shape index (κ2) is 7.75. The van der Waals surface area contributed by atoms with Crippen molar-refractivity contribution in [2.24, 2.45) is 0 Å². The van der Waals surface area contributed by atoms with Gasteiger partial charge in [0.05, 0.1) is 7.11 Å². The maximum absolute atomic E-state index is 12.1. The number of ether oxygens (including phenoxy) is 2. The summed E-state index contributed by atoms with van der Waals surface area (Å²) in [5.41, 5.74) is 4.54. The minimum atomic E-state index is -0.916. The van der Waals surface area contributed by atoms with Crippen LogP contribution in [0.3, 0.4) is 0 Å². The predicted molar refractivity (Wildman–Crippen MR) is 97.5 cm³/mol. The van der Waals surface area contributed by atoms with Gasteiger partial charge in [0.1, 0.15) is 12.6 Å². The Kier molecular flexibility index (Phi) is 5.23. The quantitative estimate of drug-likeness (QED) is 0.665. The Morgan fingerprint density at radius 1 is 1.12 bits per heavy atom. The highest BCUT2D eigenvalue weighted by Gasteiger charge is 2.29. The highest BCUT2D eigenvalue weighted by atomic mass is 16.6. The molecule has 2 aromatic carbocycles. The first-order valence-electron chi connectivity index (χ1n) is 8.28. The largest absolute Gasteiger partial charge is 0.467 e. The molecule has 0 unspecified atom stereocenters. The molecule has 0 bridgehead atoms. The molecule has 132 valence electrons. The predicted octanol–water partition coefficient (Wildman–Crippen LogP) is 3.09. The van der Waals surface area contributed by atoms with Gasteiger partial charge in [-0.3, -0.25) is 0 Å². The van der Waals surface area contributed by atoms with Gasteiger partial charge in [-0.2, -0.15) is 0 Å². The molecule has 1 aliphatic rings. The number of fused-ring (bicyclic) bond motifs is 3. The second-order valence-electron chi connectivity index (χ2n) is 5.95. The molecule has 0 saturated heterocycles. The lowest BCUT2D eigenvalue weighted by Gasteiger charge is -2.17. The van der Waals surface area contributed by atoms with Crippen LogP contribution in [0.5, 0.6) is 0 Å². The summed E-state index contributed by atoms with van der Waals surface area (Å²) in [4.78, 5) is 23.8. The summed E-state index contributed by atoms with van der Waals surface area (Å²) in [6.07, 6.45) is 4.57. The van der Waals surface area contributed by atoms with Crippen LogP contribution in [0, 0.1) is 12.3 Å². The number of methoxy groups -OCH3 is 1. The van der Waals surface area contributed by atoms with Crippen LogP contribution in [0.1, 0.15) is 23.5 Å². The Labute approximate surface area is 152 Å². The van der Waals surface area contributed by atoms with Crippen molar-refractivity contribution in [3.05, 3.63) is 59.7 Å². The molecular formula is C21H19NO4. The lowest BCUT2D eigenvalue weighted by molar-refractivity contribution is -0.142. The van der Waals surface area contributed by atoms with E-state index in [-0.39, 0.29) is 18.9 Å². The van der Waals surface area contributed by atoms with E-state index in [1.54, 1.807) is 0 Å². The van der Waals surface area contributed by atoms with E-state index in [1.807, 2.05) is 36.4 Å². The van der Waals surface area contributed by atoms with Gasteiger partial charge in [0.15, 0.2) is 0 Å². The average Bonchev–Trinajstić information content (AvgIpc) is 2.99. The molecule has 3 rings (SSSR count). The number of esters is 1. The number of carbonyl (C=O) groups excluding carboxylic acids is 2. The molecule has 0 heterocycles. The van der Waals surface area contributed by atoms with Gasteiger partial charge in [0.25, 0.3) is 0 Å². The summed E-state index contributed by atoms with van der Waals surface area (Å²) in [5.74, 6) is 1.70. The molecule has 0 radical (unpaired) electrons. The molecule has 1 aliphatic carbocycles. The first-order valence-corrected chi connectivity index (χ1v) is 8.28. The Morgan fingerprint density at radius 2 is 1.69 bits per heavy atom. The van der Waals surface area contributed by atoms with E-state index in [1.165, 1.54) is 7.11 Å². The second-order valence-corrected chi connectivity index (χ2v) is 5.95. The molecule has 1 N–H and O–H groups in total. The molecule has 0 fully saturated rings. The fraction of sp³-hybridized carbons (Fsp3) is 0.238. The maximum atomic E-state index is 12.1. The zero-order chi connectivity index (χ0) is 18.5. The van der Waals surface area contributed by atoms with Crippen molar-refractivity contribution in [3.8, 4) is 23.5 Å². The van der Waals surface area contributed by atoms with Crippen LogP contribution in [0.4, 0.5) is 4.79 Å². The Bertz CT molecular complexity index is 823. The molecule has 0 spiro atoms. The van der Waals surface area contributed by atoms with Gasteiger partial charge in [-0.15, -0.1) is 12.3 Å². The number of hydrogen-bond donors (Lipinski definition) is 1. The van der Waals surface area contributed by atoms with E-state index < -0.39 is 18.1 Å². The molecule has 1 atom stereocenters. The standard InChI is InChI=1S/C21H19NO4/c1-3-8-19(20(23)25-2)22-21(24)26-13-18-16-11-6-4-9-14(16)15-10-5-7-12-17(15)18/h1,4-7,9-12,18-19H,8,13H2,2H3,(H,22,24)/t19-/m1/s1. The van der Waals surface area contributed by atoms with Crippen molar-refractivity contribution in [3.63, 3.8) is 0 Å². The fourth-order valence-electron chi connectivity index (χ4n) is 3.24. The van der Waals surface area contributed by atoms with Crippen molar-refractivity contribution in [1.82, 2.24) is 5.32 Å². The lowest BCUT2D eigenvalue weighted by atomic mass is 9.98. The molecule has 26 heavy (non-hydrogen) atoms. The summed E-state index contributed by atoms with van der Waals surface area (Å²) in [6, 6.07) is 15.2. The molecule has 0 aliphatic heterocycles. The average molecular weight is 349 g/mol. The van der Waals surface area contributed by atoms with Gasteiger partial charge >= 0.3 is 12.1 Å². The number of carbonyl (C=O) groups is 2. The van der Waals surface area contributed by atoms with Crippen LogP contribution in [-0.2, 0) is 14.3 Å². The van der Waals surface area contributed by atoms with Crippen LogP contribution in [-0.4, -0.2) is 31.8 Å². The third kappa shape index (κ3) is 3.40. The number of hydrogen-bond acceptors (Lipinski definition) is 4. The fourth-order valence-corrected chi connectivity index (χ4v) is 3.24. The third-order valence-corrected chi connectivity index (χ3v) is 4.44. The molecule has 5 nitrogen and oxygen atoms in total.